The summed E-state index contributed by atoms with van der Waals surface area (Å²) in [6, 6.07) is 7.10. The fourth-order valence-corrected chi connectivity index (χ4v) is 5.18. The van der Waals surface area contributed by atoms with E-state index in [1.54, 1.807) is 6.08 Å². The molecule has 0 aromatic heterocycles. The maximum Gasteiger partial charge on any atom is 0.214 e. The number of aryl methyl sites for hydroxylation is 1. The summed E-state index contributed by atoms with van der Waals surface area (Å²) < 4.78 is 19.3. The molecule has 3 aliphatic rings. The topological polar surface area (TPSA) is 61.7 Å². The van der Waals surface area contributed by atoms with Gasteiger partial charge in [0, 0.05) is 18.5 Å². The van der Waals surface area contributed by atoms with Gasteiger partial charge < -0.3 is 20.3 Å². The van der Waals surface area contributed by atoms with Crippen molar-refractivity contribution in [1.82, 2.24) is 5.32 Å². The molecule has 0 amide bonds. The number of piperidine rings is 1. The molecule has 1 aromatic rings. The summed E-state index contributed by atoms with van der Waals surface area (Å²) in [6.07, 6.45) is 8.83. The zero-order chi connectivity index (χ0) is 21.5. The Bertz CT molecular complexity index is 882. The van der Waals surface area contributed by atoms with Gasteiger partial charge in [0.1, 0.15) is 17.2 Å². The summed E-state index contributed by atoms with van der Waals surface area (Å²) in [7, 11) is 0. The third-order valence-corrected chi connectivity index (χ3v) is 6.91. The van der Waals surface area contributed by atoms with E-state index in [9.17, 15) is 14.6 Å². The van der Waals surface area contributed by atoms with Crippen LogP contribution in [-0.2, 0) is 11.2 Å². The third kappa shape index (κ3) is 4.11. The molecule has 0 radical (unpaired) electrons. The Labute approximate surface area is 178 Å². The summed E-state index contributed by atoms with van der Waals surface area (Å²) in [4.78, 5) is 0. The lowest BCUT2D eigenvalue weighted by Crippen LogP contribution is -2.54. The van der Waals surface area contributed by atoms with Crippen LogP contribution >= 0.6 is 0 Å². The Kier molecular flexibility index (Phi) is 5.64. The average Bonchev–Trinajstić information content (AvgIpc) is 2.68. The van der Waals surface area contributed by atoms with Crippen molar-refractivity contribution in [2.45, 2.75) is 63.9 Å². The van der Waals surface area contributed by atoms with Crippen molar-refractivity contribution in [3.8, 4) is 0 Å². The van der Waals surface area contributed by atoms with Crippen LogP contribution < -0.4 is 5.32 Å². The molecule has 30 heavy (non-hydrogen) atoms. The van der Waals surface area contributed by atoms with Gasteiger partial charge in [-0.1, -0.05) is 25.1 Å². The zero-order valence-electron chi connectivity index (χ0n) is 18.0. The third-order valence-electron chi connectivity index (χ3n) is 6.91. The normalized spacial score (nSPS) is 27.6. The molecule has 2 heterocycles. The fraction of sp³-hybridized carbons (Fsp3) is 0.520. The summed E-state index contributed by atoms with van der Waals surface area (Å²) in [5, 5.41) is 24.7. The molecule has 1 aromatic carbocycles. The van der Waals surface area contributed by atoms with Gasteiger partial charge in [-0.2, -0.15) is 0 Å². The summed E-state index contributed by atoms with van der Waals surface area (Å²) in [6.45, 7) is 7.08. The second kappa shape index (κ2) is 7.95. The van der Waals surface area contributed by atoms with Crippen molar-refractivity contribution in [2.75, 3.05) is 6.54 Å². The van der Waals surface area contributed by atoms with Gasteiger partial charge in [0.05, 0.1) is 5.57 Å². The van der Waals surface area contributed by atoms with E-state index in [0.717, 1.165) is 31.3 Å². The molecule has 5 heteroatoms. The van der Waals surface area contributed by atoms with Gasteiger partial charge in [0.25, 0.3) is 0 Å². The molecule has 3 unspecified atom stereocenters. The lowest BCUT2D eigenvalue weighted by Gasteiger charge is -2.50. The van der Waals surface area contributed by atoms with Gasteiger partial charge >= 0.3 is 0 Å². The highest BCUT2D eigenvalue weighted by Gasteiger charge is 2.49. The van der Waals surface area contributed by atoms with Crippen molar-refractivity contribution >= 4 is 0 Å². The molecule has 3 atom stereocenters. The van der Waals surface area contributed by atoms with Gasteiger partial charge in [-0.05, 0) is 80.9 Å². The standard InChI is InChI=1S/C25H32FNO3/c1-16(6-4-7-17-9-11-18(26)12-10-17)21-14-20-19(15-27-21)23-22(30-24(20,2)3)8-5-13-25(23,28)29/h5,8-13,16,20-21,27-29H,4,6-7,14-15H2,1-3H3. The van der Waals surface area contributed by atoms with Gasteiger partial charge in [-0.25, -0.2) is 4.39 Å². The molecule has 3 N–H and O–H groups in total. The molecule has 1 aliphatic carbocycles. The predicted molar refractivity (Wildman–Crippen MR) is 115 cm³/mol. The number of benzene rings is 1. The van der Waals surface area contributed by atoms with Crippen molar-refractivity contribution in [3.63, 3.8) is 0 Å². The van der Waals surface area contributed by atoms with Crippen LogP contribution in [0.25, 0.3) is 0 Å². The maximum absolute atomic E-state index is 13.1. The van der Waals surface area contributed by atoms with E-state index in [1.807, 2.05) is 18.2 Å². The maximum atomic E-state index is 13.1. The van der Waals surface area contributed by atoms with E-state index in [-0.39, 0.29) is 11.7 Å². The van der Waals surface area contributed by atoms with E-state index in [1.165, 1.54) is 23.8 Å². The van der Waals surface area contributed by atoms with Crippen LogP contribution in [0.4, 0.5) is 4.39 Å². The first-order valence-electron chi connectivity index (χ1n) is 10.9. The SMILES string of the molecule is CC(CCCc1ccc(F)cc1)C1CC2C(=C3C(=CC=CC3(O)O)OC2(C)C)CN1. The lowest BCUT2D eigenvalue weighted by molar-refractivity contribution is -0.107. The Hall–Kier alpha value is -1.95. The first-order valence-corrected chi connectivity index (χ1v) is 10.9. The van der Waals surface area contributed by atoms with Crippen LogP contribution in [0.3, 0.4) is 0 Å². The quantitative estimate of drug-likeness (QED) is 0.639. The Morgan fingerprint density at radius 2 is 1.97 bits per heavy atom. The van der Waals surface area contributed by atoms with Gasteiger partial charge in [-0.15, -0.1) is 0 Å². The molecule has 0 saturated carbocycles. The Morgan fingerprint density at radius 3 is 2.70 bits per heavy atom. The van der Waals surface area contributed by atoms with Crippen molar-refractivity contribution < 1.29 is 19.3 Å². The highest BCUT2D eigenvalue weighted by atomic mass is 19.1. The molecule has 4 nitrogen and oxygen atoms in total. The number of allylic oxidation sites excluding steroid dienone is 2. The molecule has 162 valence electrons. The van der Waals surface area contributed by atoms with Gasteiger partial charge in [0.2, 0.25) is 5.79 Å². The molecule has 1 saturated heterocycles. The molecule has 0 bridgehead atoms. The Morgan fingerprint density at radius 1 is 1.23 bits per heavy atom. The molecular weight excluding hydrogens is 381 g/mol. The fourth-order valence-electron chi connectivity index (χ4n) is 5.18. The van der Waals surface area contributed by atoms with Crippen LogP contribution in [0.1, 0.15) is 45.6 Å². The van der Waals surface area contributed by atoms with Crippen LogP contribution in [-0.4, -0.2) is 34.2 Å². The monoisotopic (exact) mass is 413 g/mol. The molecule has 1 fully saturated rings. The average molecular weight is 414 g/mol. The molecule has 0 spiro atoms. The van der Waals surface area contributed by atoms with E-state index in [0.29, 0.717) is 29.8 Å². The first kappa shape index (κ1) is 21.3. The van der Waals surface area contributed by atoms with Crippen molar-refractivity contribution in [3.05, 3.63) is 70.8 Å². The van der Waals surface area contributed by atoms with E-state index >= 15 is 0 Å². The second-order valence-electron chi connectivity index (χ2n) is 9.49. The summed E-state index contributed by atoms with van der Waals surface area (Å²) >= 11 is 0. The number of fused-ring (bicyclic) bond motifs is 2. The van der Waals surface area contributed by atoms with E-state index in [4.69, 9.17) is 4.74 Å². The molecule has 4 rings (SSSR count). The number of ether oxygens (including phenoxy) is 1. The largest absolute Gasteiger partial charge is 0.487 e. The predicted octanol–water partition coefficient (Wildman–Crippen LogP) is 4.00. The highest BCUT2D eigenvalue weighted by molar-refractivity contribution is 5.49. The number of hydrogen-bond acceptors (Lipinski definition) is 4. The lowest BCUT2D eigenvalue weighted by atomic mass is 9.69. The minimum atomic E-state index is -1.98. The number of hydrogen-bond donors (Lipinski definition) is 3. The summed E-state index contributed by atoms with van der Waals surface area (Å²) in [5.41, 5.74) is 2.31. The number of halogens is 1. The van der Waals surface area contributed by atoms with Gasteiger partial charge in [0.15, 0.2) is 0 Å². The minimum Gasteiger partial charge on any atom is -0.487 e. The van der Waals surface area contributed by atoms with Crippen LogP contribution in [0, 0.1) is 17.7 Å². The molecular formula is C25H32FNO3. The number of nitrogens with one attached hydrogen (secondary N) is 1. The van der Waals surface area contributed by atoms with Crippen LogP contribution in [0.5, 0.6) is 0 Å². The second-order valence-corrected chi connectivity index (χ2v) is 9.49. The van der Waals surface area contributed by atoms with Crippen LogP contribution in [0.2, 0.25) is 0 Å². The Balaban J connectivity index is 1.44. The number of aliphatic hydroxyl groups is 2. The zero-order valence-corrected chi connectivity index (χ0v) is 18.0. The van der Waals surface area contributed by atoms with Crippen molar-refractivity contribution in [2.24, 2.45) is 11.8 Å². The minimum absolute atomic E-state index is 0.126. The van der Waals surface area contributed by atoms with Crippen molar-refractivity contribution in [1.29, 1.82) is 0 Å². The van der Waals surface area contributed by atoms with Crippen LogP contribution in [0.15, 0.2) is 59.4 Å². The van der Waals surface area contributed by atoms with Gasteiger partial charge in [-0.3, -0.25) is 0 Å². The summed E-state index contributed by atoms with van der Waals surface area (Å²) in [5.74, 6) is -1.01. The molecule has 2 aliphatic heterocycles. The number of rotatable bonds is 5. The van der Waals surface area contributed by atoms with E-state index < -0.39 is 11.4 Å². The highest BCUT2D eigenvalue weighted by Crippen LogP contribution is 2.48. The first-order chi connectivity index (χ1) is 14.2. The smallest absolute Gasteiger partial charge is 0.214 e. The van der Waals surface area contributed by atoms with E-state index in [2.05, 4.69) is 26.1 Å².